The van der Waals surface area contributed by atoms with E-state index >= 15 is 0 Å². The molecule has 8 nitrogen and oxygen atoms in total. The Morgan fingerprint density at radius 1 is 1.17 bits per heavy atom. The fraction of sp³-hybridized carbons (Fsp3) is 0.348. The van der Waals surface area contributed by atoms with Crippen LogP contribution in [0.1, 0.15) is 31.2 Å². The van der Waals surface area contributed by atoms with Crippen molar-refractivity contribution in [3.8, 4) is 11.3 Å². The Morgan fingerprint density at radius 3 is 2.36 bits per heavy atom. The van der Waals surface area contributed by atoms with Crippen molar-refractivity contribution in [2.45, 2.75) is 48.7 Å². The Morgan fingerprint density at radius 2 is 1.81 bits per heavy atom. The van der Waals surface area contributed by atoms with E-state index in [1.807, 2.05) is 0 Å². The van der Waals surface area contributed by atoms with Crippen molar-refractivity contribution in [3.05, 3.63) is 60.8 Å². The summed E-state index contributed by atoms with van der Waals surface area (Å²) in [6, 6.07) is 6.95. The molecule has 2 atom stereocenters. The molecule has 1 N–H and O–H groups in total. The molecule has 2 amide bonds. The van der Waals surface area contributed by atoms with Crippen LogP contribution in [0.15, 0.2) is 59.8 Å². The Balaban J connectivity index is 1.75. The number of amides is 2. The van der Waals surface area contributed by atoms with Gasteiger partial charge in [0, 0.05) is 54.2 Å². The largest absolute Gasteiger partial charge is 0.356 e. The van der Waals surface area contributed by atoms with Gasteiger partial charge in [0.2, 0.25) is 11.8 Å². The van der Waals surface area contributed by atoms with Gasteiger partial charge in [-0.1, -0.05) is 16.8 Å². The first-order valence-electron chi connectivity index (χ1n) is 11.0. The number of carbonyl (C=O) groups is 2. The maximum Gasteiger partial charge on any atom is 0.277 e. The van der Waals surface area contributed by atoms with E-state index in [0.29, 0.717) is 16.2 Å². The highest BCUT2D eigenvalue weighted by molar-refractivity contribution is 6.37. The van der Waals surface area contributed by atoms with Crippen LogP contribution in [0.2, 0.25) is 0 Å². The molecule has 4 rings (SSSR count). The lowest BCUT2D eigenvalue weighted by Gasteiger charge is -2.42. The van der Waals surface area contributed by atoms with Gasteiger partial charge >= 0.3 is 0 Å². The molecule has 0 spiro atoms. The predicted octanol–water partition coefficient (Wildman–Crippen LogP) is 3.71. The van der Waals surface area contributed by atoms with E-state index < -0.39 is 47.7 Å². The van der Waals surface area contributed by atoms with Crippen LogP contribution in [0.5, 0.6) is 0 Å². The lowest BCUT2D eigenvalue weighted by Crippen LogP contribution is -2.62. The van der Waals surface area contributed by atoms with Gasteiger partial charge in [0.1, 0.15) is 19.6 Å². The van der Waals surface area contributed by atoms with Crippen LogP contribution >= 0.6 is 11.6 Å². The summed E-state index contributed by atoms with van der Waals surface area (Å²) in [6.07, 6.45) is 4.21. The molecule has 2 aromatic heterocycles. The van der Waals surface area contributed by atoms with Crippen LogP contribution in [0.4, 0.5) is 18.9 Å². The molecule has 186 valence electrons. The fourth-order valence-corrected chi connectivity index (χ4v) is 4.18. The van der Waals surface area contributed by atoms with Gasteiger partial charge in [0.25, 0.3) is 11.5 Å². The number of nitrogens with one attached hydrogen (secondary N) is 1. The van der Waals surface area contributed by atoms with E-state index in [4.69, 9.17) is 24.0 Å². The number of anilines is 1. The van der Waals surface area contributed by atoms with Crippen molar-refractivity contribution in [1.29, 1.82) is 0 Å². The molecule has 36 heavy (non-hydrogen) atoms. The van der Waals surface area contributed by atoms with Gasteiger partial charge in [0.15, 0.2) is 5.76 Å². The molecular formula is C23H20BClF3N5O3. The molecule has 13 heteroatoms. The molecule has 2 radical (unpaired) electrons. The maximum atomic E-state index is 14.2. The predicted molar refractivity (Wildman–Crippen MR) is 125 cm³/mol. The minimum Gasteiger partial charge on any atom is -0.356 e. The molecule has 0 saturated heterocycles. The van der Waals surface area contributed by atoms with E-state index in [1.165, 1.54) is 37.1 Å². The highest BCUT2D eigenvalue weighted by Crippen LogP contribution is 2.36. The molecule has 3 aromatic rings. The molecule has 2 heterocycles. The van der Waals surface area contributed by atoms with Crippen LogP contribution in [-0.2, 0) is 15.0 Å². The zero-order valence-corrected chi connectivity index (χ0v) is 19.5. The molecular weight excluding hydrogens is 498 g/mol. The Kier molecular flexibility index (Phi) is 7.34. The zero-order valence-electron chi connectivity index (χ0n) is 18.8. The zero-order chi connectivity index (χ0) is 25.9. The van der Waals surface area contributed by atoms with E-state index in [-0.39, 0.29) is 24.1 Å². The summed E-state index contributed by atoms with van der Waals surface area (Å²) in [5.41, 5.74) is -4.35. The van der Waals surface area contributed by atoms with Gasteiger partial charge in [-0.2, -0.15) is 0 Å². The lowest BCUT2D eigenvalue weighted by atomic mass is 9.69. The van der Waals surface area contributed by atoms with Crippen LogP contribution in [-0.4, -0.2) is 52.4 Å². The van der Waals surface area contributed by atoms with Crippen molar-refractivity contribution < 1.29 is 27.3 Å². The number of hydrogen-bond acceptors (Lipinski definition) is 6. The number of aromatic nitrogens is 3. The first-order chi connectivity index (χ1) is 17.1. The first-order valence-corrected chi connectivity index (χ1v) is 11.4. The summed E-state index contributed by atoms with van der Waals surface area (Å²) < 4.78 is 46.6. The molecule has 1 aliphatic carbocycles. The monoisotopic (exact) mass is 517 g/mol. The van der Waals surface area contributed by atoms with Gasteiger partial charge in [-0.3, -0.25) is 14.5 Å². The third-order valence-corrected chi connectivity index (χ3v) is 6.19. The summed E-state index contributed by atoms with van der Waals surface area (Å²) in [7, 11) is 6.59. The average molecular weight is 518 g/mol. The van der Waals surface area contributed by atoms with Crippen molar-refractivity contribution in [3.63, 3.8) is 0 Å². The van der Waals surface area contributed by atoms with Crippen molar-refractivity contribution in [2.75, 3.05) is 4.90 Å². The van der Waals surface area contributed by atoms with Gasteiger partial charge < -0.3 is 9.84 Å². The Bertz CT molecular complexity index is 1190. The average Bonchev–Trinajstić information content (AvgIpc) is 3.41. The van der Waals surface area contributed by atoms with Crippen LogP contribution in [0.3, 0.4) is 0 Å². The summed E-state index contributed by atoms with van der Waals surface area (Å²) in [4.78, 5) is 35.1. The highest BCUT2D eigenvalue weighted by atomic mass is 35.5. The van der Waals surface area contributed by atoms with Gasteiger partial charge in [-0.25, -0.2) is 23.1 Å². The van der Waals surface area contributed by atoms with Crippen LogP contribution in [0.25, 0.3) is 11.3 Å². The summed E-state index contributed by atoms with van der Waals surface area (Å²) in [5.74, 6) is -4.64. The van der Waals surface area contributed by atoms with Crippen molar-refractivity contribution in [2.24, 2.45) is 0 Å². The number of alkyl halides is 4. The topological polar surface area (TPSA) is 101 Å². The van der Waals surface area contributed by atoms with Crippen molar-refractivity contribution >= 4 is 36.9 Å². The molecule has 1 aromatic carbocycles. The van der Waals surface area contributed by atoms with E-state index in [1.54, 1.807) is 18.2 Å². The van der Waals surface area contributed by atoms with Gasteiger partial charge in [-0.05, 0) is 37.1 Å². The summed E-state index contributed by atoms with van der Waals surface area (Å²) in [6.45, 7) is 0. The normalized spacial score (nSPS) is 18.1. The van der Waals surface area contributed by atoms with Crippen LogP contribution in [0, 0.1) is 0 Å². The summed E-state index contributed by atoms with van der Waals surface area (Å²) >= 11 is 5.52. The number of halogens is 4. The molecule has 0 aliphatic heterocycles. The molecule has 1 aliphatic rings. The van der Waals surface area contributed by atoms with E-state index in [9.17, 15) is 22.8 Å². The Labute approximate surface area is 210 Å². The molecule has 1 saturated carbocycles. The second kappa shape index (κ2) is 10.3. The SMILES string of the molecule is [B][C@@](C(=O)NC1CCC(F)(F)CC1)(c1cncnc1)N(C(=O)[C@H](F)Cl)c1ccc(-c2ccno2)cc1. The molecule has 0 unspecified atom stereocenters. The molecule has 1 fully saturated rings. The number of rotatable bonds is 7. The van der Waals surface area contributed by atoms with Crippen LogP contribution < -0.4 is 10.2 Å². The summed E-state index contributed by atoms with van der Waals surface area (Å²) in [5, 5.41) is 6.27. The third-order valence-electron chi connectivity index (χ3n) is 6.01. The number of benzene rings is 1. The third kappa shape index (κ3) is 5.23. The number of carbonyl (C=O) groups excluding carboxylic acids is 2. The fourth-order valence-electron chi connectivity index (χ4n) is 4.08. The lowest BCUT2D eigenvalue weighted by molar-refractivity contribution is -0.130. The standard InChI is InChI=1S/C23H20BClF3N5O3/c24-23(15-11-29-13-30-12-15,21(35)32-16-5-8-22(27,28)9-6-16)33(20(34)19(25)26)17-3-1-14(2-4-17)18-7-10-31-36-18/h1-4,7,10-13,16,19H,5-6,8-9H2,(H,32,35)/t19-,23-/m0/s1. The van der Waals surface area contributed by atoms with Gasteiger partial charge in [0.05, 0.1) is 6.20 Å². The molecule has 0 bridgehead atoms. The minimum atomic E-state index is -2.82. The number of nitrogens with zero attached hydrogens (tertiary/aromatic N) is 4. The van der Waals surface area contributed by atoms with E-state index in [2.05, 4.69) is 20.4 Å². The maximum absolute atomic E-state index is 14.2. The quantitative estimate of drug-likeness (QED) is 0.379. The number of hydrogen-bond donors (Lipinski definition) is 1. The second-order valence-electron chi connectivity index (χ2n) is 8.40. The Hall–Kier alpha value is -3.41. The smallest absolute Gasteiger partial charge is 0.277 e. The van der Waals surface area contributed by atoms with Gasteiger partial charge in [-0.15, -0.1) is 0 Å². The highest BCUT2D eigenvalue weighted by Gasteiger charge is 2.47. The minimum absolute atomic E-state index is 0.00117. The first kappa shape index (κ1) is 25.7. The van der Waals surface area contributed by atoms with E-state index in [0.717, 1.165) is 0 Å². The van der Waals surface area contributed by atoms with Crippen molar-refractivity contribution in [1.82, 2.24) is 20.4 Å². The second-order valence-corrected chi connectivity index (χ2v) is 8.78.